The lowest BCUT2D eigenvalue weighted by atomic mass is 10.0. The molecule has 1 aromatic carbocycles. The first-order valence-corrected chi connectivity index (χ1v) is 7.68. The molecule has 2 rings (SSSR count). The number of carbonyl (C=O) groups is 1. The van der Waals surface area contributed by atoms with Crippen LogP contribution in [0, 0.1) is 6.92 Å². The molecule has 0 spiro atoms. The number of carbonyl (C=O) groups excluding carboxylic acids is 1. The molecule has 22 heavy (non-hydrogen) atoms. The topological polar surface area (TPSA) is 44.8 Å². The van der Waals surface area contributed by atoms with Crippen LogP contribution < -0.4 is 5.32 Å². The van der Waals surface area contributed by atoms with Gasteiger partial charge >= 0.3 is 6.03 Å². The molecule has 0 saturated carbocycles. The Balaban J connectivity index is 1.99. The lowest BCUT2D eigenvalue weighted by Gasteiger charge is -2.37. The largest absolute Gasteiger partial charge is 0.322 e. The van der Waals surface area contributed by atoms with Gasteiger partial charge in [0.05, 0.1) is 7.11 Å². The van der Waals surface area contributed by atoms with Gasteiger partial charge in [-0.25, -0.2) is 4.79 Å². The number of rotatable bonds is 5. The van der Waals surface area contributed by atoms with Crippen LogP contribution in [0.15, 0.2) is 36.9 Å². The Bertz CT molecular complexity index is 493. The van der Waals surface area contributed by atoms with E-state index in [1.54, 1.807) is 13.2 Å². The number of benzene rings is 1. The number of hydrogen-bond donors (Lipinski definition) is 1. The van der Waals surface area contributed by atoms with Crippen molar-refractivity contribution in [3.8, 4) is 0 Å². The summed E-state index contributed by atoms with van der Waals surface area (Å²) in [7, 11) is 1.69. The predicted octanol–water partition coefficient (Wildman–Crippen LogP) is 3.04. The van der Waals surface area contributed by atoms with Gasteiger partial charge in [-0.2, -0.15) is 5.06 Å². The molecule has 2 amide bonds. The minimum Gasteiger partial charge on any atom is -0.318 e. The molecule has 0 bridgehead atoms. The summed E-state index contributed by atoms with van der Waals surface area (Å²) < 4.78 is 0. The van der Waals surface area contributed by atoms with Crippen molar-refractivity contribution in [1.29, 1.82) is 0 Å². The molecule has 0 aliphatic carbocycles. The van der Waals surface area contributed by atoms with Gasteiger partial charge in [-0.3, -0.25) is 0 Å². The molecule has 0 unspecified atom stereocenters. The number of anilines is 1. The Labute approximate surface area is 132 Å². The van der Waals surface area contributed by atoms with Crippen LogP contribution in [0.1, 0.15) is 18.4 Å². The summed E-state index contributed by atoms with van der Waals surface area (Å²) in [5, 5.41) is 4.90. The molecule has 0 aromatic heterocycles. The fraction of sp³-hybridized carbons (Fsp3) is 0.471. The highest BCUT2D eigenvalue weighted by Crippen LogP contribution is 2.18. The van der Waals surface area contributed by atoms with Crippen molar-refractivity contribution >= 4 is 11.7 Å². The van der Waals surface area contributed by atoms with Crippen molar-refractivity contribution < 1.29 is 9.63 Å². The maximum absolute atomic E-state index is 12.6. The van der Waals surface area contributed by atoms with Crippen LogP contribution >= 0.6 is 0 Å². The number of aryl methyl sites for hydroxylation is 1. The number of hydroxylamine groups is 2. The van der Waals surface area contributed by atoms with E-state index in [9.17, 15) is 4.79 Å². The van der Waals surface area contributed by atoms with Gasteiger partial charge in [-0.15, -0.1) is 6.58 Å². The fourth-order valence-corrected chi connectivity index (χ4v) is 2.71. The second-order valence-corrected chi connectivity index (χ2v) is 5.58. The third-order valence-corrected chi connectivity index (χ3v) is 4.01. The van der Waals surface area contributed by atoms with Crippen LogP contribution in [-0.4, -0.2) is 48.8 Å². The molecular weight excluding hydrogens is 278 g/mol. The molecule has 1 saturated heterocycles. The third-order valence-electron chi connectivity index (χ3n) is 4.01. The van der Waals surface area contributed by atoms with E-state index >= 15 is 0 Å². The van der Waals surface area contributed by atoms with Gasteiger partial charge in [-0.05, 0) is 31.9 Å². The number of hydrogen-bond acceptors (Lipinski definition) is 3. The van der Waals surface area contributed by atoms with Crippen molar-refractivity contribution in [1.82, 2.24) is 9.96 Å². The second-order valence-electron chi connectivity index (χ2n) is 5.58. The highest BCUT2D eigenvalue weighted by Gasteiger charge is 2.27. The average Bonchev–Trinajstić information content (AvgIpc) is 2.55. The Morgan fingerprint density at radius 3 is 2.59 bits per heavy atom. The molecule has 1 aliphatic rings. The molecular formula is C17H25N3O2. The summed E-state index contributed by atoms with van der Waals surface area (Å²) in [6, 6.07) is 7.98. The van der Waals surface area contributed by atoms with Crippen LogP contribution in [0.4, 0.5) is 10.5 Å². The molecule has 0 radical (unpaired) electrons. The first kappa shape index (κ1) is 16.5. The third kappa shape index (κ3) is 4.32. The zero-order valence-electron chi connectivity index (χ0n) is 13.4. The normalized spacial score (nSPS) is 16.3. The Kier molecular flexibility index (Phi) is 5.98. The number of piperidine rings is 1. The van der Waals surface area contributed by atoms with Crippen molar-refractivity contribution in [2.24, 2.45) is 0 Å². The van der Waals surface area contributed by atoms with E-state index in [4.69, 9.17) is 4.84 Å². The average molecular weight is 303 g/mol. The lowest BCUT2D eigenvalue weighted by Crippen LogP contribution is -2.48. The molecule has 1 aromatic rings. The number of nitrogens with one attached hydrogen (secondary N) is 1. The summed E-state index contributed by atoms with van der Waals surface area (Å²) in [5.41, 5.74) is 1.99. The highest BCUT2D eigenvalue weighted by molar-refractivity contribution is 5.89. The van der Waals surface area contributed by atoms with Gasteiger partial charge in [0.1, 0.15) is 0 Å². The van der Waals surface area contributed by atoms with Gasteiger partial charge < -0.3 is 15.1 Å². The predicted molar refractivity (Wildman–Crippen MR) is 88.7 cm³/mol. The van der Waals surface area contributed by atoms with Crippen molar-refractivity contribution in [3.05, 3.63) is 42.5 Å². The van der Waals surface area contributed by atoms with E-state index in [0.717, 1.165) is 31.6 Å². The first-order chi connectivity index (χ1) is 10.6. The van der Waals surface area contributed by atoms with Crippen LogP contribution in [-0.2, 0) is 4.84 Å². The SMILES string of the molecule is C=CCN(C(=O)Nc1ccc(C)cc1)C1CCN(OC)CC1. The standard InChI is InChI=1S/C17H25N3O2/c1-4-11-20(16-9-12-19(22-3)13-10-16)17(21)18-15-7-5-14(2)6-8-15/h4-8,16H,1,9-13H2,2-3H3,(H,18,21). The quantitative estimate of drug-likeness (QED) is 0.850. The second kappa shape index (κ2) is 7.96. The molecule has 5 nitrogen and oxygen atoms in total. The first-order valence-electron chi connectivity index (χ1n) is 7.68. The molecule has 0 atom stereocenters. The lowest BCUT2D eigenvalue weighted by molar-refractivity contribution is -0.148. The molecule has 5 heteroatoms. The zero-order chi connectivity index (χ0) is 15.9. The Morgan fingerprint density at radius 1 is 1.41 bits per heavy atom. The van der Waals surface area contributed by atoms with Gasteiger partial charge in [0.15, 0.2) is 0 Å². The van der Waals surface area contributed by atoms with E-state index in [1.807, 2.05) is 41.2 Å². The molecule has 120 valence electrons. The summed E-state index contributed by atoms with van der Waals surface area (Å²) in [6.07, 6.45) is 3.59. The van der Waals surface area contributed by atoms with Crippen molar-refractivity contribution in [2.75, 3.05) is 32.1 Å². The maximum Gasteiger partial charge on any atom is 0.322 e. The van der Waals surface area contributed by atoms with Gasteiger partial charge in [0.25, 0.3) is 0 Å². The van der Waals surface area contributed by atoms with E-state index in [0.29, 0.717) is 6.54 Å². The smallest absolute Gasteiger partial charge is 0.318 e. The highest BCUT2D eigenvalue weighted by atomic mass is 16.7. The number of nitrogens with zero attached hydrogens (tertiary/aromatic N) is 2. The molecule has 1 aliphatic heterocycles. The minimum absolute atomic E-state index is 0.0698. The van der Waals surface area contributed by atoms with Crippen LogP contribution in [0.5, 0.6) is 0 Å². The van der Waals surface area contributed by atoms with Crippen LogP contribution in [0.2, 0.25) is 0 Å². The number of amides is 2. The van der Waals surface area contributed by atoms with E-state index < -0.39 is 0 Å². The summed E-state index contributed by atoms with van der Waals surface area (Å²) in [4.78, 5) is 19.7. The van der Waals surface area contributed by atoms with Crippen LogP contribution in [0.3, 0.4) is 0 Å². The Hall–Kier alpha value is -1.85. The Morgan fingerprint density at radius 2 is 2.05 bits per heavy atom. The van der Waals surface area contributed by atoms with Gasteiger partial charge in [0.2, 0.25) is 0 Å². The molecule has 1 N–H and O–H groups in total. The van der Waals surface area contributed by atoms with Crippen LogP contribution in [0.25, 0.3) is 0 Å². The van der Waals surface area contributed by atoms with E-state index in [1.165, 1.54) is 5.56 Å². The fourth-order valence-electron chi connectivity index (χ4n) is 2.71. The molecule has 1 heterocycles. The van der Waals surface area contributed by atoms with Crippen molar-refractivity contribution in [3.63, 3.8) is 0 Å². The summed E-state index contributed by atoms with van der Waals surface area (Å²) >= 11 is 0. The van der Waals surface area contributed by atoms with Crippen molar-refractivity contribution in [2.45, 2.75) is 25.8 Å². The van der Waals surface area contributed by atoms with E-state index in [2.05, 4.69) is 11.9 Å². The zero-order valence-corrected chi connectivity index (χ0v) is 13.4. The maximum atomic E-state index is 12.6. The van der Waals surface area contributed by atoms with E-state index in [-0.39, 0.29) is 12.1 Å². The van der Waals surface area contributed by atoms with Gasteiger partial charge in [0, 0.05) is 31.4 Å². The summed E-state index contributed by atoms with van der Waals surface area (Å²) in [6.45, 7) is 8.03. The summed E-state index contributed by atoms with van der Waals surface area (Å²) in [5.74, 6) is 0. The monoisotopic (exact) mass is 303 g/mol. The molecule has 1 fully saturated rings. The number of urea groups is 1. The minimum atomic E-state index is -0.0698. The van der Waals surface area contributed by atoms with Gasteiger partial charge in [-0.1, -0.05) is 23.8 Å².